The van der Waals surface area contributed by atoms with Crippen LogP contribution in [-0.2, 0) is 14.2 Å². The van der Waals surface area contributed by atoms with E-state index in [0.717, 1.165) is 15.3 Å². The van der Waals surface area contributed by atoms with Gasteiger partial charge in [-0.1, -0.05) is 0 Å². The number of halogens is 2. The summed E-state index contributed by atoms with van der Waals surface area (Å²) in [5.74, 6) is -2.32. The predicted octanol–water partition coefficient (Wildman–Crippen LogP) is -0.938. The minimum atomic E-state index is -1.17. The van der Waals surface area contributed by atoms with E-state index in [1.807, 2.05) is 4.98 Å². The van der Waals surface area contributed by atoms with E-state index in [9.17, 15) is 28.0 Å². The first-order valence-electron chi connectivity index (χ1n) is 7.93. The number of ether oxygens (including phenoxy) is 3. The summed E-state index contributed by atoms with van der Waals surface area (Å²) < 4.78 is 43.9. The van der Waals surface area contributed by atoms with Crippen LogP contribution in [0, 0.1) is 11.6 Å². The van der Waals surface area contributed by atoms with Gasteiger partial charge >= 0.3 is 11.4 Å². The smallest absolute Gasteiger partial charge is 0.330 e. The number of hydrogen-bond donors (Lipinski definition) is 2. The highest BCUT2D eigenvalue weighted by Gasteiger charge is 2.17. The second-order valence-corrected chi connectivity index (χ2v) is 5.53. The monoisotopic (exact) mass is 404 g/mol. The standard InChI is InChI=1S/C15H18F2N4O7/c1-26-10(20-5-8(16)12(22)18-14(20)24)3-4-28-7-11(27-2)21-6-9(17)13(23)19-15(21)25/h5-6,10-11H,3-4,7H2,1-2H3,(H,18,22,24)(H,19,23,25)/t10-,11?/m1/s1. The van der Waals surface area contributed by atoms with E-state index in [0.29, 0.717) is 6.20 Å². The molecular formula is C15H18F2N4O7. The third kappa shape index (κ3) is 4.88. The SMILES string of the molecule is COC(COCC[C@@H](OC)n1cc(F)c(=O)[nH]c1=O)n1cc(F)c(=O)[nH]c1=O. The summed E-state index contributed by atoms with van der Waals surface area (Å²) in [6, 6.07) is 0. The summed E-state index contributed by atoms with van der Waals surface area (Å²) in [6.07, 6.45) is -0.483. The molecule has 28 heavy (non-hydrogen) atoms. The summed E-state index contributed by atoms with van der Waals surface area (Å²) in [6.45, 7) is -0.223. The van der Waals surface area contributed by atoms with Gasteiger partial charge in [-0.2, -0.15) is 8.78 Å². The zero-order valence-electron chi connectivity index (χ0n) is 14.9. The molecule has 0 saturated heterocycles. The molecule has 2 heterocycles. The molecule has 0 amide bonds. The third-order valence-electron chi connectivity index (χ3n) is 3.78. The largest absolute Gasteiger partial charge is 0.377 e. The van der Waals surface area contributed by atoms with Crippen LogP contribution < -0.4 is 22.5 Å². The Morgan fingerprint density at radius 2 is 1.36 bits per heavy atom. The van der Waals surface area contributed by atoms with Crippen LogP contribution in [0.3, 0.4) is 0 Å². The molecule has 0 aliphatic carbocycles. The lowest BCUT2D eigenvalue weighted by Gasteiger charge is -2.20. The maximum atomic E-state index is 13.4. The molecule has 154 valence electrons. The molecule has 0 aromatic carbocycles. The average molecular weight is 404 g/mol. The molecule has 2 atom stereocenters. The molecule has 2 N–H and O–H groups in total. The number of hydrogen-bond acceptors (Lipinski definition) is 7. The normalized spacial score (nSPS) is 13.4. The van der Waals surface area contributed by atoms with Crippen LogP contribution >= 0.6 is 0 Å². The van der Waals surface area contributed by atoms with Crippen molar-refractivity contribution in [3.63, 3.8) is 0 Å². The molecule has 1 unspecified atom stereocenters. The molecule has 0 saturated carbocycles. The highest BCUT2D eigenvalue weighted by atomic mass is 19.1. The van der Waals surface area contributed by atoms with Crippen LogP contribution in [0.4, 0.5) is 8.78 Å². The fourth-order valence-corrected chi connectivity index (χ4v) is 2.35. The van der Waals surface area contributed by atoms with E-state index < -0.39 is 46.6 Å². The van der Waals surface area contributed by atoms with Crippen molar-refractivity contribution in [2.45, 2.75) is 18.9 Å². The maximum Gasteiger partial charge on any atom is 0.330 e. The first kappa shape index (κ1) is 21.4. The molecule has 13 heteroatoms. The van der Waals surface area contributed by atoms with Crippen molar-refractivity contribution in [3.8, 4) is 0 Å². The van der Waals surface area contributed by atoms with Crippen LogP contribution in [-0.4, -0.2) is 46.5 Å². The number of nitrogens with zero attached hydrogens (tertiary/aromatic N) is 2. The lowest BCUT2D eigenvalue weighted by Crippen LogP contribution is -2.36. The summed E-state index contributed by atoms with van der Waals surface area (Å²) in [7, 11) is 2.53. The van der Waals surface area contributed by atoms with Crippen LogP contribution in [0.2, 0.25) is 0 Å². The van der Waals surface area contributed by atoms with Crippen molar-refractivity contribution in [3.05, 3.63) is 65.7 Å². The molecule has 2 aromatic rings. The molecule has 0 bridgehead atoms. The molecule has 0 spiro atoms. The van der Waals surface area contributed by atoms with E-state index in [1.165, 1.54) is 14.2 Å². The van der Waals surface area contributed by atoms with Gasteiger partial charge in [-0.3, -0.25) is 28.7 Å². The fourth-order valence-electron chi connectivity index (χ4n) is 2.35. The van der Waals surface area contributed by atoms with Crippen LogP contribution in [0.15, 0.2) is 31.6 Å². The van der Waals surface area contributed by atoms with E-state index in [2.05, 4.69) is 0 Å². The number of aromatic nitrogens is 4. The zero-order valence-corrected chi connectivity index (χ0v) is 14.9. The van der Waals surface area contributed by atoms with Crippen molar-refractivity contribution in [1.29, 1.82) is 0 Å². The van der Waals surface area contributed by atoms with Gasteiger partial charge in [-0.25, -0.2) is 9.59 Å². The Balaban J connectivity index is 2.02. The molecule has 0 radical (unpaired) electrons. The highest BCUT2D eigenvalue weighted by Crippen LogP contribution is 2.11. The Morgan fingerprint density at radius 1 is 0.893 bits per heavy atom. The van der Waals surface area contributed by atoms with E-state index >= 15 is 0 Å². The molecular weight excluding hydrogens is 386 g/mol. The minimum absolute atomic E-state index is 0.0217. The summed E-state index contributed by atoms with van der Waals surface area (Å²) in [5, 5.41) is 0. The first-order valence-corrected chi connectivity index (χ1v) is 7.93. The van der Waals surface area contributed by atoms with Crippen LogP contribution in [0.1, 0.15) is 18.9 Å². The number of H-pyrrole nitrogens is 2. The highest BCUT2D eigenvalue weighted by molar-refractivity contribution is 4.89. The van der Waals surface area contributed by atoms with Gasteiger partial charge in [0.1, 0.15) is 6.23 Å². The molecule has 0 aliphatic heterocycles. The Labute approximate surface area is 155 Å². The maximum absolute atomic E-state index is 13.4. The van der Waals surface area contributed by atoms with Gasteiger partial charge in [-0.15, -0.1) is 0 Å². The molecule has 0 aliphatic rings. The predicted molar refractivity (Wildman–Crippen MR) is 90.1 cm³/mol. The Hall–Kier alpha value is -2.90. The Morgan fingerprint density at radius 3 is 1.82 bits per heavy atom. The third-order valence-corrected chi connectivity index (χ3v) is 3.78. The van der Waals surface area contributed by atoms with E-state index in [-0.39, 0.29) is 19.6 Å². The molecule has 2 aromatic heterocycles. The summed E-state index contributed by atoms with van der Waals surface area (Å²) >= 11 is 0. The van der Waals surface area contributed by atoms with Gasteiger partial charge in [0.25, 0.3) is 11.1 Å². The fraction of sp³-hybridized carbons (Fsp3) is 0.467. The van der Waals surface area contributed by atoms with E-state index in [1.54, 1.807) is 4.98 Å². The van der Waals surface area contributed by atoms with Gasteiger partial charge in [0.2, 0.25) is 11.6 Å². The lowest BCUT2D eigenvalue weighted by molar-refractivity contribution is -0.0517. The van der Waals surface area contributed by atoms with Crippen molar-refractivity contribution < 1.29 is 23.0 Å². The Kier molecular flexibility index (Phi) is 7.14. The second-order valence-electron chi connectivity index (χ2n) is 5.53. The molecule has 11 nitrogen and oxygen atoms in total. The van der Waals surface area contributed by atoms with Crippen molar-refractivity contribution >= 4 is 0 Å². The summed E-state index contributed by atoms with van der Waals surface area (Å²) in [4.78, 5) is 49.3. The molecule has 0 fully saturated rings. The number of nitrogens with one attached hydrogen (secondary N) is 2. The van der Waals surface area contributed by atoms with Gasteiger partial charge in [0.15, 0.2) is 6.23 Å². The van der Waals surface area contributed by atoms with Crippen molar-refractivity contribution in [2.24, 2.45) is 0 Å². The number of aromatic amines is 2. The lowest BCUT2D eigenvalue weighted by atomic mass is 10.4. The number of rotatable bonds is 9. The minimum Gasteiger partial charge on any atom is -0.377 e. The van der Waals surface area contributed by atoms with Gasteiger partial charge in [0.05, 0.1) is 25.6 Å². The quantitative estimate of drug-likeness (QED) is 0.515. The van der Waals surface area contributed by atoms with Crippen LogP contribution in [0.25, 0.3) is 0 Å². The second kappa shape index (κ2) is 9.34. The van der Waals surface area contributed by atoms with Gasteiger partial charge in [-0.05, 0) is 0 Å². The average Bonchev–Trinajstić information content (AvgIpc) is 2.65. The summed E-state index contributed by atoms with van der Waals surface area (Å²) in [5.41, 5.74) is -4.04. The topological polar surface area (TPSA) is 137 Å². The molecule has 2 rings (SSSR count). The van der Waals surface area contributed by atoms with Crippen molar-refractivity contribution in [1.82, 2.24) is 19.1 Å². The van der Waals surface area contributed by atoms with E-state index in [4.69, 9.17) is 14.2 Å². The van der Waals surface area contributed by atoms with Crippen LogP contribution in [0.5, 0.6) is 0 Å². The van der Waals surface area contributed by atoms with Gasteiger partial charge in [0, 0.05) is 20.6 Å². The van der Waals surface area contributed by atoms with Crippen molar-refractivity contribution in [2.75, 3.05) is 27.4 Å². The zero-order chi connectivity index (χ0) is 20.8. The Bertz CT molecular complexity index is 959. The number of methoxy groups -OCH3 is 2. The first-order chi connectivity index (χ1) is 13.3. The van der Waals surface area contributed by atoms with Gasteiger partial charge < -0.3 is 14.2 Å².